The predicted octanol–water partition coefficient (Wildman–Crippen LogP) is -0.827. The van der Waals surface area contributed by atoms with Crippen molar-refractivity contribution in [1.29, 1.82) is 0 Å². The van der Waals surface area contributed by atoms with E-state index in [1.807, 2.05) is 0 Å². The molecule has 0 atom stereocenters. The molecule has 1 amide bonds. The van der Waals surface area contributed by atoms with Gasteiger partial charge in [0.05, 0.1) is 6.61 Å². The molecule has 0 rings (SSSR count). The number of aliphatic hydroxyl groups is 1. The van der Waals surface area contributed by atoms with Gasteiger partial charge in [-0.2, -0.15) is 0 Å². The summed E-state index contributed by atoms with van der Waals surface area (Å²) in [6.07, 6.45) is 0. The van der Waals surface area contributed by atoms with Crippen LogP contribution in [-0.4, -0.2) is 17.6 Å². The molecule has 48 valence electrons. The standard InChI is InChI=1S/C4H7NO2.FH/c1-3(2-6)4(5)7;/h6H,1-2H2,(H2,5,7);1H. The molecule has 0 spiro atoms. The minimum atomic E-state index is -0.650. The third kappa shape index (κ3) is 3.30. The molecule has 3 nitrogen and oxygen atoms in total. The Morgan fingerprint density at radius 1 is 1.75 bits per heavy atom. The summed E-state index contributed by atoms with van der Waals surface area (Å²) in [5, 5.41) is 8.10. The Balaban J connectivity index is 0. The number of carbonyl (C=O) groups is 1. The van der Waals surface area contributed by atoms with E-state index in [0.717, 1.165) is 0 Å². The number of carbonyl (C=O) groups excluding carboxylic acids is 1. The molecule has 0 aliphatic heterocycles. The van der Waals surface area contributed by atoms with Crippen LogP contribution in [0.1, 0.15) is 0 Å². The molecular weight excluding hydrogens is 113 g/mol. The second-order valence-electron chi connectivity index (χ2n) is 1.13. The van der Waals surface area contributed by atoms with Crippen LogP contribution in [0.3, 0.4) is 0 Å². The zero-order chi connectivity index (χ0) is 5.86. The first-order valence-electron chi connectivity index (χ1n) is 1.77. The van der Waals surface area contributed by atoms with E-state index in [2.05, 4.69) is 12.3 Å². The Morgan fingerprint density at radius 2 is 2.12 bits per heavy atom. The van der Waals surface area contributed by atoms with Crippen molar-refractivity contribution < 1.29 is 14.6 Å². The lowest BCUT2D eigenvalue weighted by molar-refractivity contribution is -0.114. The van der Waals surface area contributed by atoms with Gasteiger partial charge in [0.1, 0.15) is 0 Å². The maximum absolute atomic E-state index is 9.89. The number of halogens is 1. The molecule has 0 radical (unpaired) electrons. The van der Waals surface area contributed by atoms with Gasteiger partial charge in [-0.05, 0) is 0 Å². The highest BCUT2D eigenvalue weighted by molar-refractivity contribution is 5.91. The summed E-state index contributed by atoms with van der Waals surface area (Å²) in [4.78, 5) is 9.89. The van der Waals surface area contributed by atoms with Crippen LogP contribution in [0, 0.1) is 0 Å². The summed E-state index contributed by atoms with van der Waals surface area (Å²) in [5.74, 6) is -0.650. The molecular formula is C4H8FNO2. The van der Waals surface area contributed by atoms with Crippen LogP contribution in [0.25, 0.3) is 0 Å². The summed E-state index contributed by atoms with van der Waals surface area (Å²) in [5.41, 5.74) is 4.69. The van der Waals surface area contributed by atoms with Crippen molar-refractivity contribution in [2.75, 3.05) is 6.61 Å². The van der Waals surface area contributed by atoms with Gasteiger partial charge in [-0.1, -0.05) is 6.58 Å². The Hall–Kier alpha value is -0.900. The Kier molecular flexibility index (Phi) is 5.41. The lowest BCUT2D eigenvalue weighted by Gasteiger charge is -1.88. The van der Waals surface area contributed by atoms with Gasteiger partial charge in [0.25, 0.3) is 0 Å². The third-order valence-corrected chi connectivity index (χ3v) is 0.539. The second kappa shape index (κ2) is 4.26. The van der Waals surface area contributed by atoms with Crippen LogP contribution >= 0.6 is 0 Å². The molecule has 3 N–H and O–H groups in total. The highest BCUT2D eigenvalue weighted by atomic mass is 19.0. The number of aliphatic hydroxyl groups excluding tert-OH is 1. The normalized spacial score (nSPS) is 7.12. The van der Waals surface area contributed by atoms with Crippen LogP contribution in [-0.2, 0) is 4.79 Å². The van der Waals surface area contributed by atoms with Gasteiger partial charge in [0.15, 0.2) is 0 Å². The predicted molar refractivity (Wildman–Crippen MR) is 27.9 cm³/mol. The molecule has 0 aromatic carbocycles. The zero-order valence-electron chi connectivity index (χ0n) is 4.26. The van der Waals surface area contributed by atoms with Crippen molar-refractivity contribution in [2.45, 2.75) is 0 Å². The molecule has 0 saturated heterocycles. The third-order valence-electron chi connectivity index (χ3n) is 0.539. The molecule has 8 heavy (non-hydrogen) atoms. The zero-order valence-corrected chi connectivity index (χ0v) is 4.26. The van der Waals surface area contributed by atoms with E-state index in [4.69, 9.17) is 5.11 Å². The molecule has 0 aliphatic carbocycles. The first kappa shape index (κ1) is 10.2. The van der Waals surface area contributed by atoms with E-state index in [0.29, 0.717) is 0 Å². The number of primary amides is 1. The minimum absolute atomic E-state index is 0. The van der Waals surface area contributed by atoms with Gasteiger partial charge in [-0.25, -0.2) is 0 Å². The lowest BCUT2D eigenvalue weighted by atomic mass is 10.3. The van der Waals surface area contributed by atoms with E-state index >= 15 is 0 Å². The number of nitrogens with two attached hydrogens (primary N) is 1. The Bertz CT molecular complexity index is 102. The Morgan fingerprint density at radius 3 is 2.12 bits per heavy atom. The van der Waals surface area contributed by atoms with Crippen LogP contribution in [0.4, 0.5) is 4.70 Å². The van der Waals surface area contributed by atoms with Gasteiger partial charge >= 0.3 is 0 Å². The SMILES string of the molecule is C=C(CO)C(N)=O.F. The molecule has 4 heteroatoms. The van der Waals surface area contributed by atoms with E-state index in [9.17, 15) is 4.79 Å². The molecule has 0 saturated carbocycles. The number of hydrogen-bond acceptors (Lipinski definition) is 2. The van der Waals surface area contributed by atoms with Crippen molar-refractivity contribution in [1.82, 2.24) is 0 Å². The first-order valence-corrected chi connectivity index (χ1v) is 1.77. The van der Waals surface area contributed by atoms with Crippen molar-refractivity contribution in [3.05, 3.63) is 12.2 Å². The molecule has 0 aliphatic rings. The largest absolute Gasteiger partial charge is 0.391 e. The topological polar surface area (TPSA) is 63.3 Å². The molecule has 0 aromatic heterocycles. The van der Waals surface area contributed by atoms with Gasteiger partial charge in [-0.15, -0.1) is 0 Å². The quantitative estimate of drug-likeness (QED) is 0.468. The summed E-state index contributed by atoms with van der Waals surface area (Å²) < 4.78 is 0. The van der Waals surface area contributed by atoms with Crippen molar-refractivity contribution in [2.24, 2.45) is 5.73 Å². The fourth-order valence-corrected chi connectivity index (χ4v) is 0.0779. The van der Waals surface area contributed by atoms with Crippen LogP contribution in [0.15, 0.2) is 12.2 Å². The maximum atomic E-state index is 9.89. The number of rotatable bonds is 2. The maximum Gasteiger partial charge on any atom is 0.246 e. The van der Waals surface area contributed by atoms with Crippen LogP contribution in [0.5, 0.6) is 0 Å². The molecule has 0 heterocycles. The average Bonchev–Trinajstić information content (AvgIpc) is 1.65. The van der Waals surface area contributed by atoms with Crippen LogP contribution < -0.4 is 5.73 Å². The van der Waals surface area contributed by atoms with Gasteiger partial charge in [0, 0.05) is 5.57 Å². The fourth-order valence-electron chi connectivity index (χ4n) is 0.0779. The second-order valence-corrected chi connectivity index (χ2v) is 1.13. The summed E-state index contributed by atoms with van der Waals surface area (Å²) in [7, 11) is 0. The molecule has 0 bridgehead atoms. The highest BCUT2D eigenvalue weighted by Gasteiger charge is 1.94. The summed E-state index contributed by atoms with van der Waals surface area (Å²) >= 11 is 0. The Labute approximate surface area is 46.2 Å². The van der Waals surface area contributed by atoms with E-state index in [1.165, 1.54) is 0 Å². The average molecular weight is 121 g/mol. The van der Waals surface area contributed by atoms with E-state index in [1.54, 1.807) is 0 Å². The van der Waals surface area contributed by atoms with Crippen molar-refractivity contribution >= 4 is 5.91 Å². The van der Waals surface area contributed by atoms with Gasteiger partial charge in [0.2, 0.25) is 5.91 Å². The first-order chi connectivity index (χ1) is 3.18. The smallest absolute Gasteiger partial charge is 0.246 e. The van der Waals surface area contributed by atoms with Crippen molar-refractivity contribution in [3.63, 3.8) is 0 Å². The molecule has 0 aromatic rings. The number of amides is 1. The highest BCUT2D eigenvalue weighted by Crippen LogP contribution is 1.80. The lowest BCUT2D eigenvalue weighted by Crippen LogP contribution is -2.14. The van der Waals surface area contributed by atoms with Crippen molar-refractivity contribution in [3.8, 4) is 0 Å². The summed E-state index contributed by atoms with van der Waals surface area (Å²) in [6, 6.07) is 0. The minimum Gasteiger partial charge on any atom is -0.391 e. The van der Waals surface area contributed by atoms with E-state index < -0.39 is 5.91 Å². The monoisotopic (exact) mass is 121 g/mol. The van der Waals surface area contributed by atoms with Gasteiger partial charge < -0.3 is 10.8 Å². The fraction of sp³-hybridized carbons (Fsp3) is 0.250. The molecule has 0 fully saturated rings. The molecule has 0 unspecified atom stereocenters. The van der Waals surface area contributed by atoms with E-state index in [-0.39, 0.29) is 16.9 Å². The van der Waals surface area contributed by atoms with Gasteiger partial charge in [-0.3, -0.25) is 9.50 Å². The number of hydrogen-bond donors (Lipinski definition) is 2. The summed E-state index contributed by atoms with van der Waals surface area (Å²) in [6.45, 7) is 2.80. The van der Waals surface area contributed by atoms with Crippen LogP contribution in [0.2, 0.25) is 0 Å².